The van der Waals surface area contributed by atoms with E-state index in [0.29, 0.717) is 18.0 Å². The first-order valence-corrected chi connectivity index (χ1v) is 8.36. The van der Waals surface area contributed by atoms with Gasteiger partial charge in [0, 0.05) is 13.2 Å². The molecule has 1 fully saturated rings. The van der Waals surface area contributed by atoms with Crippen LogP contribution in [-0.2, 0) is 11.8 Å². The third-order valence-corrected chi connectivity index (χ3v) is 4.17. The lowest BCUT2D eigenvalue weighted by molar-refractivity contribution is 0.0515. The van der Waals surface area contributed by atoms with Crippen molar-refractivity contribution < 1.29 is 14.3 Å². The molecule has 0 radical (unpaired) electrons. The van der Waals surface area contributed by atoms with Gasteiger partial charge in [-0.25, -0.2) is 9.48 Å². The molecule has 0 bridgehead atoms. The number of nitrogens with zero attached hydrogens (tertiary/aromatic N) is 4. The molecule has 1 aliphatic heterocycles. The summed E-state index contributed by atoms with van der Waals surface area (Å²) in [5.41, 5.74) is 1.13. The van der Waals surface area contributed by atoms with Crippen LogP contribution in [0.5, 0.6) is 0 Å². The summed E-state index contributed by atoms with van der Waals surface area (Å²) in [5.74, 6) is -0.788. The third kappa shape index (κ3) is 4.41. The summed E-state index contributed by atoms with van der Waals surface area (Å²) in [6.45, 7) is 3.92. The normalized spacial score (nSPS) is 14.5. The topological polar surface area (TPSA) is 103 Å². The highest BCUT2D eigenvalue weighted by molar-refractivity contribution is 6.03. The molecule has 0 spiro atoms. The van der Waals surface area contributed by atoms with E-state index in [1.54, 1.807) is 41.7 Å². The number of piperidine rings is 1. The zero-order valence-electron chi connectivity index (χ0n) is 14.8. The van der Waals surface area contributed by atoms with Crippen LogP contribution in [0.25, 0.3) is 0 Å². The highest BCUT2D eigenvalue weighted by Gasteiger charge is 2.20. The second kappa shape index (κ2) is 8.81. The van der Waals surface area contributed by atoms with Gasteiger partial charge in [0.05, 0.1) is 24.5 Å². The van der Waals surface area contributed by atoms with Gasteiger partial charge < -0.3 is 19.9 Å². The molecule has 3 rings (SSSR count). The Morgan fingerprint density at radius 3 is 2.77 bits per heavy atom. The second-order valence-electron chi connectivity index (χ2n) is 5.96. The minimum absolute atomic E-state index is 0. The number of rotatable bonds is 5. The first-order chi connectivity index (χ1) is 12.1. The molecule has 2 aromatic heterocycles. The summed E-state index contributed by atoms with van der Waals surface area (Å²) in [5, 5.41) is 14.1. The molecule has 26 heavy (non-hydrogen) atoms. The van der Waals surface area contributed by atoms with Crippen molar-refractivity contribution in [2.75, 3.05) is 25.0 Å². The zero-order chi connectivity index (χ0) is 17.8. The summed E-state index contributed by atoms with van der Waals surface area (Å²) >= 11 is 0. The number of amides is 1. The fourth-order valence-electron chi connectivity index (χ4n) is 2.87. The molecule has 0 unspecified atom stereocenters. The Balaban J connectivity index is 0.00000243. The van der Waals surface area contributed by atoms with Gasteiger partial charge in [-0.15, -0.1) is 17.5 Å². The second-order valence-corrected chi connectivity index (χ2v) is 5.96. The molecular weight excluding hydrogens is 360 g/mol. The first-order valence-electron chi connectivity index (χ1n) is 8.36. The van der Waals surface area contributed by atoms with Gasteiger partial charge in [-0.3, -0.25) is 4.79 Å². The van der Waals surface area contributed by atoms with Gasteiger partial charge in [0.15, 0.2) is 5.69 Å². The molecule has 0 saturated carbocycles. The van der Waals surface area contributed by atoms with Crippen molar-refractivity contribution in [3.05, 3.63) is 29.8 Å². The number of aryl methyl sites for hydroxylation is 1. The van der Waals surface area contributed by atoms with Gasteiger partial charge in [-0.2, -0.15) is 0 Å². The first kappa shape index (κ1) is 19.9. The standard InChI is InChI=1S/C16H22N6O3.ClH/c1-3-25-16(24)14-8-11(9-21(14)2)18-15(23)13-10-22(20-19-13)12-4-6-17-7-5-12;/h8-10,12,17H,3-7H2,1-2H3,(H,18,23);1H. The smallest absolute Gasteiger partial charge is 0.355 e. The maximum atomic E-state index is 12.4. The van der Waals surface area contributed by atoms with Crippen molar-refractivity contribution in [3.63, 3.8) is 0 Å². The highest BCUT2D eigenvalue weighted by atomic mass is 35.5. The highest BCUT2D eigenvalue weighted by Crippen LogP contribution is 2.18. The predicted octanol–water partition coefficient (Wildman–Crippen LogP) is 1.39. The van der Waals surface area contributed by atoms with Crippen LogP contribution in [0.2, 0.25) is 0 Å². The number of hydrogen-bond donors (Lipinski definition) is 2. The molecule has 142 valence electrons. The lowest BCUT2D eigenvalue weighted by atomic mass is 10.1. The van der Waals surface area contributed by atoms with Crippen LogP contribution in [0.4, 0.5) is 5.69 Å². The van der Waals surface area contributed by atoms with Gasteiger partial charge in [0.1, 0.15) is 5.69 Å². The lowest BCUT2D eigenvalue weighted by Gasteiger charge is -2.22. The molecular formula is C16H23ClN6O3. The lowest BCUT2D eigenvalue weighted by Crippen LogP contribution is -2.29. The Morgan fingerprint density at radius 1 is 1.35 bits per heavy atom. The molecule has 2 aromatic rings. The Bertz CT molecular complexity index is 766. The van der Waals surface area contributed by atoms with Gasteiger partial charge in [-0.1, -0.05) is 5.21 Å². The summed E-state index contributed by atoms with van der Waals surface area (Å²) in [4.78, 5) is 24.2. The van der Waals surface area contributed by atoms with E-state index in [9.17, 15) is 9.59 Å². The van der Waals surface area contributed by atoms with Crippen molar-refractivity contribution in [3.8, 4) is 0 Å². The van der Waals surface area contributed by atoms with E-state index in [2.05, 4.69) is 20.9 Å². The fraction of sp³-hybridized carbons (Fsp3) is 0.500. The number of hydrogen-bond acceptors (Lipinski definition) is 6. The number of aromatic nitrogens is 4. The van der Waals surface area contributed by atoms with E-state index in [-0.39, 0.29) is 30.0 Å². The van der Waals surface area contributed by atoms with E-state index in [1.807, 2.05) is 0 Å². The van der Waals surface area contributed by atoms with Crippen LogP contribution >= 0.6 is 12.4 Å². The molecule has 9 nitrogen and oxygen atoms in total. The maximum Gasteiger partial charge on any atom is 0.355 e. The maximum absolute atomic E-state index is 12.4. The molecule has 1 amide bonds. The van der Waals surface area contributed by atoms with E-state index < -0.39 is 5.97 Å². The van der Waals surface area contributed by atoms with E-state index >= 15 is 0 Å². The van der Waals surface area contributed by atoms with Crippen LogP contribution in [0.1, 0.15) is 46.8 Å². The van der Waals surface area contributed by atoms with Crippen molar-refractivity contribution in [1.82, 2.24) is 24.9 Å². The fourth-order valence-corrected chi connectivity index (χ4v) is 2.87. The molecule has 0 aliphatic carbocycles. The van der Waals surface area contributed by atoms with Crippen LogP contribution in [-0.4, -0.2) is 51.1 Å². The summed E-state index contributed by atoms with van der Waals surface area (Å²) < 4.78 is 8.34. The SMILES string of the molecule is CCOC(=O)c1cc(NC(=O)c2cn(C3CCNCC3)nn2)cn1C.Cl. The average molecular weight is 383 g/mol. The Hall–Kier alpha value is -2.39. The van der Waals surface area contributed by atoms with Crippen molar-refractivity contribution in [1.29, 1.82) is 0 Å². The van der Waals surface area contributed by atoms with Gasteiger partial charge in [-0.05, 0) is 38.9 Å². The molecule has 10 heteroatoms. The number of carbonyl (C=O) groups excluding carboxylic acids is 2. The third-order valence-electron chi connectivity index (χ3n) is 4.17. The number of nitrogens with one attached hydrogen (secondary N) is 2. The number of esters is 1. The van der Waals surface area contributed by atoms with E-state index in [4.69, 9.17) is 4.74 Å². The van der Waals surface area contributed by atoms with Gasteiger partial charge >= 0.3 is 5.97 Å². The minimum atomic E-state index is -0.428. The monoisotopic (exact) mass is 382 g/mol. The molecule has 1 saturated heterocycles. The van der Waals surface area contributed by atoms with Crippen molar-refractivity contribution in [2.24, 2.45) is 7.05 Å². The van der Waals surface area contributed by atoms with E-state index in [1.165, 1.54) is 0 Å². The number of halogens is 1. The van der Waals surface area contributed by atoms with Gasteiger partial charge in [0.2, 0.25) is 0 Å². The average Bonchev–Trinajstić information content (AvgIpc) is 3.23. The van der Waals surface area contributed by atoms with Crippen LogP contribution in [0, 0.1) is 0 Å². The largest absolute Gasteiger partial charge is 0.461 e. The quantitative estimate of drug-likeness (QED) is 0.757. The summed E-state index contributed by atoms with van der Waals surface area (Å²) in [7, 11) is 1.72. The van der Waals surface area contributed by atoms with Crippen molar-refractivity contribution in [2.45, 2.75) is 25.8 Å². The van der Waals surface area contributed by atoms with Crippen LogP contribution < -0.4 is 10.6 Å². The zero-order valence-corrected chi connectivity index (χ0v) is 15.6. The molecule has 0 aromatic carbocycles. The number of ether oxygens (including phenoxy) is 1. The Morgan fingerprint density at radius 2 is 2.08 bits per heavy atom. The van der Waals surface area contributed by atoms with E-state index in [0.717, 1.165) is 25.9 Å². The molecule has 1 aliphatic rings. The van der Waals surface area contributed by atoms with Crippen molar-refractivity contribution >= 4 is 30.0 Å². The van der Waals surface area contributed by atoms with Crippen LogP contribution in [0.3, 0.4) is 0 Å². The predicted molar refractivity (Wildman–Crippen MR) is 97.7 cm³/mol. The number of carbonyl (C=O) groups is 2. The summed E-state index contributed by atoms with van der Waals surface area (Å²) in [6, 6.07) is 1.84. The number of anilines is 1. The Kier molecular flexibility index (Phi) is 6.76. The molecule has 0 atom stereocenters. The van der Waals surface area contributed by atoms with Gasteiger partial charge in [0.25, 0.3) is 5.91 Å². The summed E-state index contributed by atoms with van der Waals surface area (Å²) in [6.07, 6.45) is 5.25. The molecule has 3 heterocycles. The Labute approximate surface area is 157 Å². The minimum Gasteiger partial charge on any atom is -0.461 e. The van der Waals surface area contributed by atoms with Crippen LogP contribution in [0.15, 0.2) is 18.5 Å². The molecule has 2 N–H and O–H groups in total.